The largest absolute Gasteiger partial charge is 0.392 e. The molecule has 0 aromatic heterocycles. The summed E-state index contributed by atoms with van der Waals surface area (Å²) in [6, 6.07) is 3.96. The maximum absolute atomic E-state index is 13.5. The fourth-order valence-corrected chi connectivity index (χ4v) is 1.75. The minimum absolute atomic E-state index is 0.0293. The monoisotopic (exact) mass is 223 g/mol. The molecule has 1 atom stereocenters. The first-order valence-electron chi connectivity index (χ1n) is 4.85. The summed E-state index contributed by atoms with van der Waals surface area (Å²) < 4.78 is 13.5. The number of carbonyl (C=O) groups excluding carboxylic acids is 2. The lowest BCUT2D eigenvalue weighted by Crippen LogP contribution is -2.35. The number of Topliss-reactive ketones (excluding diaryl/α,β-unsaturated/α-hetero) is 1. The highest BCUT2D eigenvalue weighted by atomic mass is 19.1. The van der Waals surface area contributed by atoms with Crippen molar-refractivity contribution in [2.45, 2.75) is 13.0 Å². The summed E-state index contributed by atoms with van der Waals surface area (Å²) >= 11 is 0. The first-order chi connectivity index (χ1) is 7.52. The molecule has 0 saturated heterocycles. The van der Waals surface area contributed by atoms with Crippen LogP contribution in [0.15, 0.2) is 18.2 Å². The first-order valence-corrected chi connectivity index (χ1v) is 4.85. The third-order valence-electron chi connectivity index (χ3n) is 2.39. The number of nitrogens with zero attached hydrogens (tertiary/aromatic N) is 1. The number of rotatable bonds is 2. The minimum Gasteiger partial charge on any atom is -0.392 e. The van der Waals surface area contributed by atoms with Crippen LogP contribution in [0.1, 0.15) is 17.3 Å². The van der Waals surface area contributed by atoms with E-state index in [9.17, 15) is 19.1 Å². The Kier molecular flexibility index (Phi) is 2.47. The molecule has 1 amide bonds. The zero-order valence-corrected chi connectivity index (χ0v) is 8.61. The van der Waals surface area contributed by atoms with Crippen LogP contribution in [-0.2, 0) is 4.79 Å². The Morgan fingerprint density at radius 2 is 2.12 bits per heavy atom. The summed E-state index contributed by atoms with van der Waals surface area (Å²) in [6.07, 6.45) is -0.817. The van der Waals surface area contributed by atoms with E-state index in [0.29, 0.717) is 0 Å². The Morgan fingerprint density at radius 1 is 1.44 bits per heavy atom. The van der Waals surface area contributed by atoms with Crippen LogP contribution in [0.3, 0.4) is 0 Å². The zero-order valence-electron chi connectivity index (χ0n) is 8.61. The Morgan fingerprint density at radius 3 is 2.75 bits per heavy atom. The first kappa shape index (κ1) is 10.8. The normalized spacial score (nSPS) is 16.6. The van der Waals surface area contributed by atoms with Crippen molar-refractivity contribution >= 4 is 17.4 Å². The van der Waals surface area contributed by atoms with Crippen molar-refractivity contribution in [2.75, 3.05) is 11.4 Å². The molecule has 1 heterocycles. The van der Waals surface area contributed by atoms with Gasteiger partial charge in [0.2, 0.25) is 0 Å². The Bertz CT molecular complexity index is 470. The lowest BCUT2D eigenvalue weighted by atomic mass is 10.1. The molecule has 1 aromatic rings. The van der Waals surface area contributed by atoms with Gasteiger partial charge in [-0.25, -0.2) is 4.39 Å². The van der Waals surface area contributed by atoms with Crippen LogP contribution in [0.2, 0.25) is 0 Å². The minimum atomic E-state index is -0.817. The van der Waals surface area contributed by atoms with E-state index >= 15 is 0 Å². The molecule has 0 radical (unpaired) electrons. The number of hydrogen-bond donors (Lipinski definition) is 1. The van der Waals surface area contributed by atoms with E-state index in [-0.39, 0.29) is 17.8 Å². The third-order valence-corrected chi connectivity index (χ3v) is 2.39. The number of hydrogen-bond acceptors (Lipinski definition) is 3. The standard InChI is InChI=1S/C11H10FNO3/c1-6(14)5-13-9-7(10(15)11(13)16)3-2-4-8(9)12/h2-4,6,14H,5H2,1H3. The molecule has 2 rings (SSSR count). The van der Waals surface area contributed by atoms with Crippen molar-refractivity contribution in [1.29, 1.82) is 0 Å². The van der Waals surface area contributed by atoms with E-state index in [2.05, 4.69) is 0 Å². The van der Waals surface area contributed by atoms with Gasteiger partial charge in [0.25, 0.3) is 11.7 Å². The van der Waals surface area contributed by atoms with Crippen molar-refractivity contribution in [3.8, 4) is 0 Å². The highest BCUT2D eigenvalue weighted by molar-refractivity contribution is 6.52. The second kappa shape index (κ2) is 3.68. The summed E-state index contributed by atoms with van der Waals surface area (Å²) in [7, 11) is 0. The second-order valence-electron chi connectivity index (χ2n) is 3.73. The van der Waals surface area contributed by atoms with E-state index < -0.39 is 23.6 Å². The van der Waals surface area contributed by atoms with Crippen molar-refractivity contribution in [1.82, 2.24) is 0 Å². The number of β-amino-alcohol motifs (C(OH)–C–C–N with tert-alkyl or cyclic N) is 1. The van der Waals surface area contributed by atoms with Crippen molar-refractivity contribution < 1.29 is 19.1 Å². The molecular formula is C11H10FNO3. The van der Waals surface area contributed by atoms with Gasteiger partial charge in [-0.2, -0.15) is 0 Å². The van der Waals surface area contributed by atoms with E-state index in [1.807, 2.05) is 0 Å². The number of carbonyl (C=O) groups is 2. The van der Waals surface area contributed by atoms with Gasteiger partial charge in [-0.3, -0.25) is 14.5 Å². The van der Waals surface area contributed by atoms with E-state index in [1.165, 1.54) is 25.1 Å². The van der Waals surface area contributed by atoms with Crippen LogP contribution in [0.25, 0.3) is 0 Å². The molecule has 0 saturated carbocycles. The van der Waals surface area contributed by atoms with E-state index in [0.717, 1.165) is 4.90 Å². The maximum Gasteiger partial charge on any atom is 0.299 e. The number of amides is 1. The van der Waals surface area contributed by atoms with Gasteiger partial charge >= 0.3 is 0 Å². The van der Waals surface area contributed by atoms with E-state index in [4.69, 9.17) is 0 Å². The lowest BCUT2D eigenvalue weighted by Gasteiger charge is -2.18. The Labute approximate surface area is 91.3 Å². The quantitative estimate of drug-likeness (QED) is 0.752. The summed E-state index contributed by atoms with van der Waals surface area (Å²) in [6.45, 7) is 1.38. The molecular weight excluding hydrogens is 213 g/mol. The Balaban J connectivity index is 2.51. The number of ketones is 1. The number of halogens is 1. The predicted octanol–water partition coefficient (Wildman–Crippen LogP) is 0.736. The molecule has 1 aliphatic heterocycles. The fourth-order valence-electron chi connectivity index (χ4n) is 1.75. The number of aliphatic hydroxyl groups excluding tert-OH is 1. The summed E-state index contributed by atoms with van der Waals surface area (Å²) in [4.78, 5) is 24.0. The summed E-state index contributed by atoms with van der Waals surface area (Å²) in [5.74, 6) is -2.14. The van der Waals surface area contributed by atoms with Gasteiger partial charge in [-0.15, -0.1) is 0 Å². The van der Waals surface area contributed by atoms with Crippen LogP contribution >= 0.6 is 0 Å². The number of anilines is 1. The average molecular weight is 223 g/mol. The highest BCUT2D eigenvalue weighted by Gasteiger charge is 2.38. The molecule has 1 unspecified atom stereocenters. The van der Waals surface area contributed by atoms with Gasteiger partial charge in [-0.05, 0) is 19.1 Å². The van der Waals surface area contributed by atoms with Crippen LogP contribution in [0.4, 0.5) is 10.1 Å². The smallest absolute Gasteiger partial charge is 0.299 e. The molecule has 1 N–H and O–H groups in total. The summed E-state index contributed by atoms with van der Waals surface area (Å²) in [5, 5.41) is 9.21. The highest BCUT2D eigenvalue weighted by Crippen LogP contribution is 2.31. The number of benzene rings is 1. The van der Waals surface area contributed by atoms with Crippen molar-refractivity contribution in [3.05, 3.63) is 29.6 Å². The molecule has 84 valence electrons. The molecule has 16 heavy (non-hydrogen) atoms. The molecule has 1 aliphatic rings. The van der Waals surface area contributed by atoms with Gasteiger partial charge in [-0.1, -0.05) is 6.07 Å². The van der Waals surface area contributed by atoms with Crippen LogP contribution in [0, 0.1) is 5.82 Å². The van der Waals surface area contributed by atoms with Gasteiger partial charge < -0.3 is 5.11 Å². The van der Waals surface area contributed by atoms with Gasteiger partial charge in [0.15, 0.2) is 0 Å². The summed E-state index contributed by atoms with van der Waals surface area (Å²) in [5.41, 5.74) is 0.0315. The van der Waals surface area contributed by atoms with Crippen molar-refractivity contribution in [2.24, 2.45) is 0 Å². The number of fused-ring (bicyclic) bond motifs is 1. The second-order valence-corrected chi connectivity index (χ2v) is 3.73. The van der Waals surface area contributed by atoms with Crippen LogP contribution < -0.4 is 4.90 Å². The molecule has 4 nitrogen and oxygen atoms in total. The third kappa shape index (κ3) is 1.49. The average Bonchev–Trinajstić information content (AvgIpc) is 2.45. The molecule has 0 fully saturated rings. The molecule has 1 aromatic carbocycles. The molecule has 0 spiro atoms. The molecule has 0 aliphatic carbocycles. The van der Waals surface area contributed by atoms with E-state index in [1.54, 1.807) is 0 Å². The van der Waals surface area contributed by atoms with Crippen LogP contribution in [-0.4, -0.2) is 29.4 Å². The van der Waals surface area contributed by atoms with Crippen molar-refractivity contribution in [3.63, 3.8) is 0 Å². The van der Waals surface area contributed by atoms with Crippen LogP contribution in [0.5, 0.6) is 0 Å². The zero-order chi connectivity index (χ0) is 11.9. The predicted molar refractivity (Wildman–Crippen MR) is 54.8 cm³/mol. The molecule has 0 bridgehead atoms. The molecule has 5 heteroatoms. The van der Waals surface area contributed by atoms with Gasteiger partial charge in [0, 0.05) is 0 Å². The van der Waals surface area contributed by atoms with Gasteiger partial charge in [0.05, 0.1) is 23.9 Å². The number of aliphatic hydroxyl groups is 1. The Hall–Kier alpha value is -1.75. The number of para-hydroxylation sites is 1. The fraction of sp³-hybridized carbons (Fsp3) is 0.273. The maximum atomic E-state index is 13.5. The SMILES string of the molecule is CC(O)CN1C(=O)C(=O)c2cccc(F)c21. The topological polar surface area (TPSA) is 57.6 Å². The van der Waals surface area contributed by atoms with Gasteiger partial charge in [0.1, 0.15) is 5.82 Å². The lowest BCUT2D eigenvalue weighted by molar-refractivity contribution is -0.114.